The van der Waals surface area contributed by atoms with E-state index >= 15 is 0 Å². The van der Waals surface area contributed by atoms with Gasteiger partial charge in [0.05, 0.1) is 18.7 Å². The first-order chi connectivity index (χ1) is 13.2. The van der Waals surface area contributed by atoms with E-state index in [9.17, 15) is 14.7 Å². The summed E-state index contributed by atoms with van der Waals surface area (Å²) in [4.78, 5) is 38.3. The minimum Gasteiger partial charge on any atom is -0.506 e. The molecule has 146 valence electrons. The molecule has 0 saturated heterocycles. The van der Waals surface area contributed by atoms with E-state index in [1.807, 2.05) is 20.8 Å². The van der Waals surface area contributed by atoms with Gasteiger partial charge in [0.1, 0.15) is 18.0 Å². The number of carbonyl (C=O) groups is 1. The van der Waals surface area contributed by atoms with Crippen molar-refractivity contribution in [1.29, 1.82) is 0 Å². The maximum Gasteiger partial charge on any atom is 0.263 e. The third-order valence-electron chi connectivity index (χ3n) is 3.77. The molecule has 0 spiro atoms. The summed E-state index contributed by atoms with van der Waals surface area (Å²) in [5, 5.41) is 12.6. The van der Waals surface area contributed by atoms with Crippen molar-refractivity contribution in [3.63, 3.8) is 0 Å². The quantitative estimate of drug-likeness (QED) is 0.700. The number of nitrogens with one attached hydrogen (secondary N) is 1. The lowest BCUT2D eigenvalue weighted by Crippen LogP contribution is -2.43. The summed E-state index contributed by atoms with van der Waals surface area (Å²) in [5.41, 5.74) is -0.456. The van der Waals surface area contributed by atoms with Crippen molar-refractivity contribution in [1.82, 2.24) is 24.8 Å². The van der Waals surface area contributed by atoms with E-state index < -0.39 is 11.1 Å². The summed E-state index contributed by atoms with van der Waals surface area (Å²) < 4.78 is 6.36. The van der Waals surface area contributed by atoms with Gasteiger partial charge >= 0.3 is 0 Å². The highest BCUT2D eigenvalue weighted by molar-refractivity contribution is 5.80. The Kier molecular flexibility index (Phi) is 5.00. The molecule has 1 amide bonds. The van der Waals surface area contributed by atoms with Crippen LogP contribution in [0.5, 0.6) is 11.6 Å². The molecule has 0 aliphatic rings. The summed E-state index contributed by atoms with van der Waals surface area (Å²) in [6.07, 6.45) is 1.20. The van der Waals surface area contributed by atoms with Crippen molar-refractivity contribution < 1.29 is 14.6 Å². The Hall–Kier alpha value is -3.49. The molecule has 0 radical (unpaired) electrons. The molecule has 0 fully saturated rings. The summed E-state index contributed by atoms with van der Waals surface area (Å²) in [7, 11) is 1.48. The van der Waals surface area contributed by atoms with Crippen molar-refractivity contribution in [2.75, 3.05) is 7.11 Å². The van der Waals surface area contributed by atoms with Gasteiger partial charge in [-0.3, -0.25) is 14.2 Å². The normalized spacial score (nSPS) is 11.4. The van der Waals surface area contributed by atoms with Gasteiger partial charge in [-0.25, -0.2) is 15.0 Å². The predicted octanol–water partition coefficient (Wildman–Crippen LogP) is 1.48. The second-order valence-corrected chi connectivity index (χ2v) is 7.25. The molecule has 0 atom stereocenters. The lowest BCUT2D eigenvalue weighted by molar-refractivity contribution is -0.123. The van der Waals surface area contributed by atoms with Gasteiger partial charge in [0, 0.05) is 11.6 Å². The molecule has 0 saturated carbocycles. The number of aromatic hydroxyl groups is 1. The number of aromatic nitrogens is 4. The second-order valence-electron chi connectivity index (χ2n) is 7.25. The zero-order valence-corrected chi connectivity index (χ0v) is 16.1. The zero-order valence-electron chi connectivity index (χ0n) is 16.1. The minimum atomic E-state index is -0.503. The van der Waals surface area contributed by atoms with Gasteiger partial charge < -0.3 is 15.2 Å². The first kappa shape index (κ1) is 19.3. The van der Waals surface area contributed by atoms with Gasteiger partial charge in [0.15, 0.2) is 11.5 Å². The number of hydrogen-bond acceptors (Lipinski definition) is 7. The van der Waals surface area contributed by atoms with E-state index in [0.29, 0.717) is 11.6 Å². The number of fused-ring (bicyclic) bond motifs is 1. The number of amides is 1. The van der Waals surface area contributed by atoms with Gasteiger partial charge in [-0.1, -0.05) is 6.07 Å². The van der Waals surface area contributed by atoms with Crippen LogP contribution in [0.25, 0.3) is 22.6 Å². The smallest absolute Gasteiger partial charge is 0.263 e. The molecule has 3 aromatic heterocycles. The van der Waals surface area contributed by atoms with E-state index in [-0.39, 0.29) is 35.1 Å². The van der Waals surface area contributed by atoms with E-state index in [1.54, 1.807) is 18.2 Å². The van der Waals surface area contributed by atoms with Crippen molar-refractivity contribution in [3.05, 3.63) is 40.8 Å². The Morgan fingerprint density at radius 1 is 1.29 bits per heavy atom. The summed E-state index contributed by atoms with van der Waals surface area (Å²) in [5.74, 6) is 0.00668. The summed E-state index contributed by atoms with van der Waals surface area (Å²) in [6.45, 7) is 5.28. The largest absolute Gasteiger partial charge is 0.506 e. The fourth-order valence-electron chi connectivity index (χ4n) is 2.69. The van der Waals surface area contributed by atoms with Crippen molar-refractivity contribution in [2.24, 2.45) is 0 Å². The lowest BCUT2D eigenvalue weighted by atomic mass is 10.1. The van der Waals surface area contributed by atoms with Crippen LogP contribution in [0, 0.1) is 0 Å². The first-order valence-electron chi connectivity index (χ1n) is 8.60. The maximum atomic E-state index is 13.1. The molecule has 0 aliphatic carbocycles. The number of carbonyl (C=O) groups excluding carboxylic acids is 1. The summed E-state index contributed by atoms with van der Waals surface area (Å²) in [6, 6.07) is 6.31. The van der Waals surface area contributed by atoms with Crippen molar-refractivity contribution in [3.8, 4) is 23.1 Å². The minimum absolute atomic E-state index is 0.107. The highest BCUT2D eigenvalue weighted by atomic mass is 16.5. The van der Waals surface area contributed by atoms with Crippen LogP contribution in [-0.4, -0.2) is 43.2 Å². The Morgan fingerprint density at radius 3 is 2.71 bits per heavy atom. The van der Waals surface area contributed by atoms with Crippen molar-refractivity contribution in [2.45, 2.75) is 32.9 Å². The topological polar surface area (TPSA) is 119 Å². The molecule has 0 bridgehead atoms. The zero-order chi connectivity index (χ0) is 20.5. The molecule has 0 unspecified atom stereocenters. The van der Waals surface area contributed by atoms with Crippen LogP contribution in [0.1, 0.15) is 20.8 Å². The molecule has 3 rings (SSSR count). The third kappa shape index (κ3) is 4.08. The average Bonchev–Trinajstić information content (AvgIpc) is 2.63. The van der Waals surface area contributed by atoms with E-state index in [1.165, 1.54) is 23.9 Å². The standard InChI is InChI=1S/C19H21N5O4/c1-19(2,3)23-14(26)10-24-17(13-6-5-7-15(21-13)28-4)22-16-12(18(24)27)8-11(25)9-20-16/h5-9,25H,10H2,1-4H3,(H,23,26). The highest BCUT2D eigenvalue weighted by Crippen LogP contribution is 2.20. The molecule has 0 aliphatic heterocycles. The van der Waals surface area contributed by atoms with Gasteiger partial charge in [-0.05, 0) is 32.9 Å². The van der Waals surface area contributed by atoms with Crippen LogP contribution >= 0.6 is 0 Å². The highest BCUT2D eigenvalue weighted by Gasteiger charge is 2.20. The number of nitrogens with zero attached hydrogens (tertiary/aromatic N) is 4. The number of methoxy groups -OCH3 is 1. The molecule has 0 aromatic carbocycles. The van der Waals surface area contributed by atoms with Crippen molar-refractivity contribution >= 4 is 16.9 Å². The van der Waals surface area contributed by atoms with Gasteiger partial charge in [-0.15, -0.1) is 0 Å². The van der Waals surface area contributed by atoms with Gasteiger partial charge in [0.2, 0.25) is 11.8 Å². The molecule has 3 heterocycles. The van der Waals surface area contributed by atoms with E-state index in [2.05, 4.69) is 20.3 Å². The Bertz CT molecular complexity index is 1100. The summed E-state index contributed by atoms with van der Waals surface area (Å²) >= 11 is 0. The number of pyridine rings is 2. The lowest BCUT2D eigenvalue weighted by Gasteiger charge is -2.21. The number of hydrogen-bond donors (Lipinski definition) is 2. The van der Waals surface area contributed by atoms with Crippen LogP contribution in [0.4, 0.5) is 0 Å². The maximum absolute atomic E-state index is 13.1. The molecular weight excluding hydrogens is 362 g/mol. The Balaban J connectivity index is 2.21. The van der Waals surface area contributed by atoms with Gasteiger partial charge in [0.25, 0.3) is 5.56 Å². The predicted molar refractivity (Wildman–Crippen MR) is 103 cm³/mol. The van der Waals surface area contributed by atoms with Crippen LogP contribution < -0.4 is 15.6 Å². The Morgan fingerprint density at radius 2 is 2.04 bits per heavy atom. The number of ether oxygens (including phenoxy) is 1. The SMILES string of the molecule is COc1cccc(-c2nc3ncc(O)cc3c(=O)n2CC(=O)NC(C)(C)C)n1. The monoisotopic (exact) mass is 383 g/mol. The fourth-order valence-corrected chi connectivity index (χ4v) is 2.69. The second kappa shape index (κ2) is 7.26. The molecule has 3 aromatic rings. The van der Waals surface area contributed by atoms with Crippen LogP contribution in [0.2, 0.25) is 0 Å². The molecule has 2 N–H and O–H groups in total. The molecular formula is C19H21N5O4. The molecule has 28 heavy (non-hydrogen) atoms. The Labute approximate surface area is 161 Å². The van der Waals surface area contributed by atoms with Gasteiger partial charge in [-0.2, -0.15) is 0 Å². The van der Waals surface area contributed by atoms with Crippen LogP contribution in [0.15, 0.2) is 35.3 Å². The average molecular weight is 383 g/mol. The van der Waals surface area contributed by atoms with Crippen LogP contribution in [-0.2, 0) is 11.3 Å². The van der Waals surface area contributed by atoms with E-state index in [4.69, 9.17) is 4.74 Å². The van der Waals surface area contributed by atoms with Crippen LogP contribution in [0.3, 0.4) is 0 Å². The molecule has 9 nitrogen and oxygen atoms in total. The molecule has 9 heteroatoms. The fraction of sp³-hybridized carbons (Fsp3) is 0.316. The number of rotatable bonds is 4. The van der Waals surface area contributed by atoms with E-state index in [0.717, 1.165) is 0 Å². The third-order valence-corrected chi connectivity index (χ3v) is 3.77. The first-order valence-corrected chi connectivity index (χ1v) is 8.60.